The van der Waals surface area contributed by atoms with Crippen molar-refractivity contribution < 1.29 is 14.3 Å². The predicted octanol–water partition coefficient (Wildman–Crippen LogP) is 3.00. The molecule has 4 rings (SSSR count). The Morgan fingerprint density at radius 3 is 2.55 bits per heavy atom. The maximum Gasteiger partial charge on any atom is 0.286 e. The molecule has 2 amide bonds. The van der Waals surface area contributed by atoms with E-state index in [1.807, 2.05) is 61.6 Å². The fourth-order valence-corrected chi connectivity index (χ4v) is 3.97. The molecule has 1 fully saturated rings. The molecule has 29 heavy (non-hydrogen) atoms. The van der Waals surface area contributed by atoms with Crippen molar-refractivity contribution in [1.82, 2.24) is 20.1 Å². The minimum Gasteiger partial charge on any atom is -0.493 e. The monoisotopic (exact) mass is 408 g/mol. The van der Waals surface area contributed by atoms with Crippen LogP contribution in [0.4, 0.5) is 4.79 Å². The summed E-state index contributed by atoms with van der Waals surface area (Å²) in [5, 5.41) is 6.13. The largest absolute Gasteiger partial charge is 0.493 e. The summed E-state index contributed by atoms with van der Waals surface area (Å²) in [5.41, 5.74) is 2.01. The average molecular weight is 408 g/mol. The number of carbonyl (C=O) groups excluding carboxylic acids is 2. The molecule has 1 aliphatic rings. The minimum absolute atomic E-state index is 0.224. The Balaban J connectivity index is 1.30. The number of aromatic nitrogens is 3. The van der Waals surface area contributed by atoms with E-state index in [0.29, 0.717) is 19.4 Å². The molecule has 148 valence electrons. The van der Waals surface area contributed by atoms with Crippen LogP contribution in [-0.2, 0) is 24.7 Å². The van der Waals surface area contributed by atoms with Crippen LogP contribution in [0, 0.1) is 0 Å². The van der Waals surface area contributed by atoms with Crippen LogP contribution in [0.1, 0.15) is 11.4 Å². The van der Waals surface area contributed by atoms with E-state index in [9.17, 15) is 9.59 Å². The first-order valence-electron chi connectivity index (χ1n) is 9.27. The number of imide groups is 1. The quantitative estimate of drug-likeness (QED) is 0.647. The van der Waals surface area contributed by atoms with E-state index in [-0.39, 0.29) is 16.4 Å². The SMILES string of the molecule is Cn1nc(CCOc2ccc(CC3SC(=O)NC3=O)cc2)nc1-c1ccccc1. The molecule has 1 N–H and O–H groups in total. The van der Waals surface area contributed by atoms with Gasteiger partial charge in [-0.05, 0) is 24.1 Å². The number of amides is 2. The summed E-state index contributed by atoms with van der Waals surface area (Å²) in [7, 11) is 1.88. The van der Waals surface area contributed by atoms with Gasteiger partial charge in [0.15, 0.2) is 11.6 Å². The standard InChI is InChI=1S/C21H20N4O3S/c1-25-19(15-5-3-2-4-6-15)22-18(24-25)11-12-28-16-9-7-14(8-10-16)13-17-20(26)23-21(27)29-17/h2-10,17H,11-13H2,1H3,(H,23,26,27). The van der Waals surface area contributed by atoms with Crippen LogP contribution in [0.5, 0.6) is 5.75 Å². The van der Waals surface area contributed by atoms with Gasteiger partial charge in [0, 0.05) is 19.0 Å². The topological polar surface area (TPSA) is 86.1 Å². The van der Waals surface area contributed by atoms with E-state index in [4.69, 9.17) is 4.74 Å². The molecule has 8 heteroatoms. The van der Waals surface area contributed by atoms with Crippen molar-refractivity contribution in [1.29, 1.82) is 0 Å². The summed E-state index contributed by atoms with van der Waals surface area (Å²) in [6.45, 7) is 0.465. The first-order chi connectivity index (χ1) is 14.1. The molecule has 0 radical (unpaired) electrons. The Kier molecular flexibility index (Phi) is 5.62. The molecule has 0 bridgehead atoms. The van der Waals surface area contributed by atoms with Crippen molar-refractivity contribution in [2.45, 2.75) is 18.1 Å². The lowest BCUT2D eigenvalue weighted by Crippen LogP contribution is -2.25. The maximum absolute atomic E-state index is 11.7. The predicted molar refractivity (Wildman–Crippen MR) is 111 cm³/mol. The summed E-state index contributed by atoms with van der Waals surface area (Å²) in [6.07, 6.45) is 1.12. The van der Waals surface area contributed by atoms with Crippen LogP contribution >= 0.6 is 11.8 Å². The van der Waals surface area contributed by atoms with Crippen molar-refractivity contribution in [2.75, 3.05) is 6.61 Å². The third kappa shape index (κ3) is 4.65. The van der Waals surface area contributed by atoms with Crippen LogP contribution in [0.15, 0.2) is 54.6 Å². The molecule has 0 saturated carbocycles. The third-order valence-electron chi connectivity index (χ3n) is 4.54. The van der Waals surface area contributed by atoms with Gasteiger partial charge in [-0.1, -0.05) is 54.2 Å². The Morgan fingerprint density at radius 2 is 1.86 bits per heavy atom. The highest BCUT2D eigenvalue weighted by Gasteiger charge is 2.31. The molecule has 1 aliphatic heterocycles. The van der Waals surface area contributed by atoms with Gasteiger partial charge in [0.1, 0.15) is 5.75 Å². The zero-order valence-corrected chi connectivity index (χ0v) is 16.7. The summed E-state index contributed by atoms with van der Waals surface area (Å²) < 4.78 is 7.58. The molecule has 3 aromatic rings. The Labute approximate surface area is 172 Å². The van der Waals surface area contributed by atoms with Gasteiger partial charge in [-0.2, -0.15) is 5.10 Å². The molecular formula is C21H20N4O3S. The highest BCUT2D eigenvalue weighted by molar-refractivity contribution is 8.15. The number of nitrogens with zero attached hydrogens (tertiary/aromatic N) is 3. The second-order valence-corrected chi connectivity index (χ2v) is 7.85. The number of hydrogen-bond acceptors (Lipinski definition) is 6. The van der Waals surface area contributed by atoms with Crippen LogP contribution in [0.3, 0.4) is 0 Å². The van der Waals surface area contributed by atoms with Crippen LogP contribution in [0.2, 0.25) is 0 Å². The van der Waals surface area contributed by atoms with Gasteiger partial charge >= 0.3 is 0 Å². The highest BCUT2D eigenvalue weighted by Crippen LogP contribution is 2.24. The number of thioether (sulfide) groups is 1. The van der Waals surface area contributed by atoms with Gasteiger partial charge in [-0.25, -0.2) is 9.67 Å². The zero-order valence-electron chi connectivity index (χ0n) is 15.9. The van der Waals surface area contributed by atoms with E-state index in [1.54, 1.807) is 4.68 Å². The van der Waals surface area contributed by atoms with Crippen molar-refractivity contribution in [2.24, 2.45) is 7.05 Å². The van der Waals surface area contributed by atoms with Gasteiger partial charge in [0.2, 0.25) is 5.91 Å². The van der Waals surface area contributed by atoms with E-state index in [1.165, 1.54) is 0 Å². The second kappa shape index (κ2) is 8.48. The van der Waals surface area contributed by atoms with Gasteiger partial charge in [0.25, 0.3) is 5.24 Å². The fourth-order valence-electron chi connectivity index (χ4n) is 3.11. The first-order valence-corrected chi connectivity index (χ1v) is 10.1. The molecule has 1 atom stereocenters. The smallest absolute Gasteiger partial charge is 0.286 e. The lowest BCUT2D eigenvalue weighted by atomic mass is 10.1. The number of carbonyl (C=O) groups is 2. The van der Waals surface area contributed by atoms with Crippen LogP contribution in [-0.4, -0.2) is 37.8 Å². The first kappa shape index (κ1) is 19.2. The summed E-state index contributed by atoms with van der Waals surface area (Å²) in [6, 6.07) is 17.5. The Bertz CT molecular complexity index is 1020. The molecule has 1 aromatic heterocycles. The van der Waals surface area contributed by atoms with Gasteiger partial charge in [-0.15, -0.1) is 0 Å². The summed E-state index contributed by atoms with van der Waals surface area (Å²) >= 11 is 1.04. The summed E-state index contributed by atoms with van der Waals surface area (Å²) in [5.74, 6) is 2.08. The highest BCUT2D eigenvalue weighted by atomic mass is 32.2. The number of benzene rings is 2. The van der Waals surface area contributed by atoms with Crippen LogP contribution < -0.4 is 10.1 Å². The molecular weight excluding hydrogens is 388 g/mol. The van der Waals surface area contributed by atoms with Crippen molar-refractivity contribution in [3.8, 4) is 17.1 Å². The summed E-state index contributed by atoms with van der Waals surface area (Å²) in [4.78, 5) is 27.5. The van der Waals surface area contributed by atoms with Gasteiger partial charge in [-0.3, -0.25) is 14.9 Å². The van der Waals surface area contributed by atoms with Gasteiger partial charge in [0.05, 0.1) is 11.9 Å². The number of ether oxygens (including phenoxy) is 1. The second-order valence-electron chi connectivity index (χ2n) is 6.67. The third-order valence-corrected chi connectivity index (χ3v) is 5.53. The van der Waals surface area contributed by atoms with Crippen molar-refractivity contribution in [3.05, 3.63) is 66.0 Å². The molecule has 0 spiro atoms. The minimum atomic E-state index is -0.358. The number of aryl methyl sites for hydroxylation is 1. The van der Waals surface area contributed by atoms with Gasteiger partial charge < -0.3 is 4.74 Å². The zero-order chi connectivity index (χ0) is 20.2. The van der Waals surface area contributed by atoms with Crippen LogP contribution in [0.25, 0.3) is 11.4 Å². The average Bonchev–Trinajstić information content (AvgIpc) is 3.25. The molecule has 0 aliphatic carbocycles. The molecule has 2 aromatic carbocycles. The van der Waals surface area contributed by atoms with Crippen molar-refractivity contribution >= 4 is 22.9 Å². The molecule has 1 unspecified atom stereocenters. The molecule has 1 saturated heterocycles. The Morgan fingerprint density at radius 1 is 1.10 bits per heavy atom. The maximum atomic E-state index is 11.7. The number of rotatable bonds is 7. The Hall–Kier alpha value is -3.13. The number of nitrogens with one attached hydrogen (secondary N) is 1. The number of hydrogen-bond donors (Lipinski definition) is 1. The molecule has 2 heterocycles. The van der Waals surface area contributed by atoms with Crippen molar-refractivity contribution in [3.63, 3.8) is 0 Å². The lowest BCUT2D eigenvalue weighted by Gasteiger charge is -2.08. The lowest BCUT2D eigenvalue weighted by molar-refractivity contribution is -0.118. The van der Waals surface area contributed by atoms with E-state index in [2.05, 4.69) is 15.4 Å². The van der Waals surface area contributed by atoms with E-state index >= 15 is 0 Å². The fraction of sp³-hybridized carbons (Fsp3) is 0.238. The molecule has 7 nitrogen and oxygen atoms in total. The van der Waals surface area contributed by atoms with E-state index < -0.39 is 0 Å². The normalized spacial score (nSPS) is 16.1. The van der Waals surface area contributed by atoms with E-state index in [0.717, 1.165) is 40.3 Å².